The molecule has 2 atom stereocenters. The van der Waals surface area contributed by atoms with Gasteiger partial charge in [0.1, 0.15) is 0 Å². The van der Waals surface area contributed by atoms with Crippen molar-refractivity contribution in [2.24, 2.45) is 0 Å². The van der Waals surface area contributed by atoms with Gasteiger partial charge >= 0.3 is 0 Å². The van der Waals surface area contributed by atoms with Crippen molar-refractivity contribution in [2.45, 2.75) is 39.2 Å². The Bertz CT molecular complexity index is 582. The van der Waals surface area contributed by atoms with E-state index in [0.717, 1.165) is 22.0 Å². The Balaban J connectivity index is 2.32. The molecule has 2 rings (SSSR count). The minimum Gasteiger partial charge on any atom is -0.339 e. The van der Waals surface area contributed by atoms with Crippen molar-refractivity contribution in [3.8, 4) is 11.4 Å². The van der Waals surface area contributed by atoms with Gasteiger partial charge in [0.25, 0.3) is 0 Å². The normalized spacial score (nSPS) is 14.2. The van der Waals surface area contributed by atoms with Crippen molar-refractivity contribution in [3.63, 3.8) is 0 Å². The fraction of sp³-hybridized carbons (Fsp3) is 0.467. The highest BCUT2D eigenvalue weighted by Crippen LogP contribution is 2.27. The highest BCUT2D eigenvalue weighted by Gasteiger charge is 2.23. The molecule has 4 nitrogen and oxygen atoms in total. The van der Waals surface area contributed by atoms with E-state index in [4.69, 9.17) is 4.52 Å². The lowest BCUT2D eigenvalue weighted by Crippen LogP contribution is -2.28. The number of nitrogens with one attached hydrogen (secondary N) is 1. The molecule has 0 aliphatic heterocycles. The van der Waals surface area contributed by atoms with Gasteiger partial charge < -0.3 is 9.84 Å². The van der Waals surface area contributed by atoms with Crippen molar-refractivity contribution in [1.82, 2.24) is 15.5 Å². The zero-order valence-corrected chi connectivity index (χ0v) is 13.9. The van der Waals surface area contributed by atoms with E-state index in [1.165, 1.54) is 0 Å². The van der Waals surface area contributed by atoms with Gasteiger partial charge in [-0.25, -0.2) is 0 Å². The van der Waals surface area contributed by atoms with Crippen molar-refractivity contribution in [2.75, 3.05) is 7.05 Å². The van der Waals surface area contributed by atoms with Crippen LogP contribution in [0.25, 0.3) is 11.4 Å². The van der Waals surface area contributed by atoms with E-state index in [1.54, 1.807) is 0 Å². The van der Waals surface area contributed by atoms with E-state index in [2.05, 4.69) is 51.3 Å². The van der Waals surface area contributed by atoms with Gasteiger partial charge in [-0.1, -0.05) is 28.0 Å². The summed E-state index contributed by atoms with van der Waals surface area (Å²) in [5.41, 5.74) is 2.14. The Morgan fingerprint density at radius 1 is 1.40 bits per heavy atom. The van der Waals surface area contributed by atoms with E-state index < -0.39 is 0 Å². The molecular formula is C15H20BrN3O. The summed E-state index contributed by atoms with van der Waals surface area (Å²) in [5.74, 6) is 1.59. The maximum absolute atomic E-state index is 5.47. The van der Waals surface area contributed by atoms with Gasteiger partial charge in [0, 0.05) is 16.1 Å². The van der Waals surface area contributed by atoms with Crippen LogP contribution in [-0.2, 0) is 0 Å². The maximum atomic E-state index is 5.47. The molecule has 0 amide bonds. The first kappa shape index (κ1) is 15.2. The van der Waals surface area contributed by atoms with E-state index in [0.29, 0.717) is 17.8 Å². The van der Waals surface area contributed by atoms with Crippen LogP contribution in [0.2, 0.25) is 0 Å². The molecule has 1 heterocycles. The van der Waals surface area contributed by atoms with Gasteiger partial charge in [-0.15, -0.1) is 0 Å². The highest BCUT2D eigenvalue weighted by atomic mass is 79.9. The zero-order chi connectivity index (χ0) is 14.7. The lowest BCUT2D eigenvalue weighted by Gasteiger charge is -2.17. The molecule has 0 bridgehead atoms. The van der Waals surface area contributed by atoms with E-state index in [-0.39, 0.29) is 5.92 Å². The van der Waals surface area contributed by atoms with Crippen molar-refractivity contribution in [1.29, 1.82) is 0 Å². The standard InChI is InChI=1S/C15H20BrN3O/c1-5-12(10(3)17-4)15-18-14(19-20-15)13-7-6-11(16)8-9(13)2/h6-8,10,12,17H,5H2,1-4H3. The van der Waals surface area contributed by atoms with E-state index in [9.17, 15) is 0 Å². The second kappa shape index (κ2) is 6.50. The van der Waals surface area contributed by atoms with Crippen molar-refractivity contribution >= 4 is 15.9 Å². The van der Waals surface area contributed by atoms with Crippen LogP contribution in [0.15, 0.2) is 27.2 Å². The Kier molecular flexibility index (Phi) is 4.94. The smallest absolute Gasteiger partial charge is 0.231 e. The molecule has 2 aromatic rings. The minimum absolute atomic E-state index is 0.233. The Hall–Kier alpha value is -1.20. The lowest BCUT2D eigenvalue weighted by atomic mass is 9.98. The van der Waals surface area contributed by atoms with Gasteiger partial charge in [-0.2, -0.15) is 4.98 Å². The molecule has 0 spiro atoms. The SMILES string of the molecule is CCC(c1nc(-c2ccc(Br)cc2C)no1)C(C)NC. The van der Waals surface area contributed by atoms with Crippen molar-refractivity contribution in [3.05, 3.63) is 34.1 Å². The van der Waals surface area contributed by atoms with Crippen LogP contribution in [0.5, 0.6) is 0 Å². The third kappa shape index (κ3) is 3.10. The fourth-order valence-corrected chi connectivity index (χ4v) is 2.79. The predicted octanol–water partition coefficient (Wildman–Crippen LogP) is 3.91. The first-order valence-corrected chi connectivity index (χ1v) is 7.63. The highest BCUT2D eigenvalue weighted by molar-refractivity contribution is 9.10. The van der Waals surface area contributed by atoms with Crippen LogP contribution in [0, 0.1) is 6.92 Å². The Labute approximate surface area is 128 Å². The monoisotopic (exact) mass is 337 g/mol. The third-order valence-electron chi connectivity index (χ3n) is 3.69. The molecular weight excluding hydrogens is 318 g/mol. The number of benzene rings is 1. The summed E-state index contributed by atoms with van der Waals surface area (Å²) in [7, 11) is 1.95. The number of likely N-dealkylation sites (N-methyl/N-ethyl adjacent to an activating group) is 1. The number of halogens is 1. The molecule has 0 aliphatic carbocycles. The Morgan fingerprint density at radius 3 is 2.75 bits per heavy atom. The van der Waals surface area contributed by atoms with Crippen molar-refractivity contribution < 1.29 is 4.52 Å². The summed E-state index contributed by atoms with van der Waals surface area (Å²) >= 11 is 3.46. The average Bonchev–Trinajstić information content (AvgIpc) is 2.88. The topological polar surface area (TPSA) is 51.0 Å². The zero-order valence-electron chi connectivity index (χ0n) is 12.3. The van der Waals surface area contributed by atoms with Gasteiger partial charge in [-0.05, 0) is 51.1 Å². The second-order valence-electron chi connectivity index (χ2n) is 5.01. The van der Waals surface area contributed by atoms with E-state index >= 15 is 0 Å². The summed E-state index contributed by atoms with van der Waals surface area (Å²) in [6.45, 7) is 6.31. The van der Waals surface area contributed by atoms with Gasteiger partial charge in [0.15, 0.2) is 0 Å². The molecule has 1 aromatic carbocycles. The molecule has 2 unspecified atom stereocenters. The molecule has 1 N–H and O–H groups in total. The van der Waals surface area contributed by atoms with E-state index in [1.807, 2.05) is 26.1 Å². The number of aromatic nitrogens is 2. The second-order valence-corrected chi connectivity index (χ2v) is 5.92. The summed E-state index contributed by atoms with van der Waals surface area (Å²) in [6.07, 6.45) is 0.961. The van der Waals surface area contributed by atoms with Gasteiger partial charge in [0.2, 0.25) is 11.7 Å². The van der Waals surface area contributed by atoms with Crippen LogP contribution in [0.4, 0.5) is 0 Å². The first-order chi connectivity index (χ1) is 9.56. The maximum Gasteiger partial charge on any atom is 0.231 e. The van der Waals surface area contributed by atoms with Gasteiger partial charge in [0.05, 0.1) is 5.92 Å². The molecule has 5 heteroatoms. The number of hydrogen-bond donors (Lipinski definition) is 1. The number of hydrogen-bond acceptors (Lipinski definition) is 4. The summed E-state index contributed by atoms with van der Waals surface area (Å²) in [4.78, 5) is 4.58. The molecule has 0 saturated carbocycles. The van der Waals surface area contributed by atoms with Crippen LogP contribution in [0.3, 0.4) is 0 Å². The summed E-state index contributed by atoms with van der Waals surface area (Å²) in [5, 5.41) is 7.38. The predicted molar refractivity (Wildman–Crippen MR) is 83.7 cm³/mol. The number of aryl methyl sites for hydroxylation is 1. The largest absolute Gasteiger partial charge is 0.339 e. The summed E-state index contributed by atoms with van der Waals surface area (Å²) in [6, 6.07) is 6.36. The van der Waals surface area contributed by atoms with Crippen LogP contribution in [0.1, 0.15) is 37.6 Å². The number of nitrogens with zero attached hydrogens (tertiary/aromatic N) is 2. The van der Waals surface area contributed by atoms with Gasteiger partial charge in [-0.3, -0.25) is 0 Å². The molecule has 20 heavy (non-hydrogen) atoms. The molecule has 0 radical (unpaired) electrons. The Morgan fingerprint density at radius 2 is 2.15 bits per heavy atom. The first-order valence-electron chi connectivity index (χ1n) is 6.84. The quantitative estimate of drug-likeness (QED) is 0.898. The lowest BCUT2D eigenvalue weighted by molar-refractivity contribution is 0.322. The fourth-order valence-electron chi connectivity index (χ4n) is 2.32. The molecule has 0 aliphatic rings. The average molecular weight is 338 g/mol. The molecule has 0 saturated heterocycles. The van der Waals surface area contributed by atoms with Crippen LogP contribution in [-0.4, -0.2) is 23.2 Å². The molecule has 1 aromatic heterocycles. The third-order valence-corrected chi connectivity index (χ3v) is 4.18. The molecule has 0 fully saturated rings. The summed E-state index contributed by atoms with van der Waals surface area (Å²) < 4.78 is 6.52. The number of rotatable bonds is 5. The van der Waals surface area contributed by atoms with Crippen LogP contribution < -0.4 is 5.32 Å². The minimum atomic E-state index is 0.233. The molecule has 108 valence electrons. The van der Waals surface area contributed by atoms with Crippen LogP contribution >= 0.6 is 15.9 Å².